The number of likely N-dealkylation sites (tertiary alicyclic amines) is 1. The summed E-state index contributed by atoms with van der Waals surface area (Å²) >= 11 is 0. The molecule has 0 aliphatic carbocycles. The van der Waals surface area contributed by atoms with E-state index >= 15 is 0 Å². The van der Waals surface area contributed by atoms with Crippen molar-refractivity contribution in [3.05, 3.63) is 35.9 Å². The van der Waals surface area contributed by atoms with Crippen molar-refractivity contribution in [2.45, 2.75) is 57.5 Å². The van der Waals surface area contributed by atoms with E-state index < -0.39 is 0 Å². The fourth-order valence-corrected chi connectivity index (χ4v) is 3.39. The zero-order valence-corrected chi connectivity index (χ0v) is 12.1. The first-order valence-electron chi connectivity index (χ1n) is 7.46. The predicted molar refractivity (Wildman–Crippen MR) is 78.7 cm³/mol. The third-order valence-electron chi connectivity index (χ3n) is 4.41. The first-order valence-corrected chi connectivity index (χ1v) is 7.46. The van der Waals surface area contributed by atoms with E-state index in [2.05, 4.69) is 55.1 Å². The highest BCUT2D eigenvalue weighted by atomic mass is 15.2. The Morgan fingerprint density at radius 1 is 1.32 bits per heavy atom. The van der Waals surface area contributed by atoms with Gasteiger partial charge in [0.2, 0.25) is 0 Å². The van der Waals surface area contributed by atoms with Gasteiger partial charge in [0.05, 0.1) is 6.07 Å². The maximum absolute atomic E-state index is 9.75. The zero-order chi connectivity index (χ0) is 13.7. The summed E-state index contributed by atoms with van der Waals surface area (Å²) in [7, 11) is 0. The van der Waals surface area contributed by atoms with Crippen LogP contribution >= 0.6 is 0 Å². The van der Waals surface area contributed by atoms with Gasteiger partial charge in [-0.05, 0) is 38.2 Å². The number of piperidine rings is 1. The molecule has 1 fully saturated rings. The van der Waals surface area contributed by atoms with Crippen molar-refractivity contribution in [3.63, 3.8) is 0 Å². The molecular formula is C17H24N2. The topological polar surface area (TPSA) is 27.0 Å². The molecule has 19 heavy (non-hydrogen) atoms. The Labute approximate surface area is 117 Å². The summed E-state index contributed by atoms with van der Waals surface area (Å²) in [5, 5.41) is 9.75. The Bertz CT molecular complexity index is 430. The lowest BCUT2D eigenvalue weighted by Gasteiger charge is -2.46. The van der Waals surface area contributed by atoms with Crippen LogP contribution in [0.3, 0.4) is 0 Å². The monoisotopic (exact) mass is 256 g/mol. The summed E-state index contributed by atoms with van der Waals surface area (Å²) in [6.07, 6.45) is 5.48. The summed E-state index contributed by atoms with van der Waals surface area (Å²) in [4.78, 5) is 2.44. The van der Waals surface area contributed by atoms with Crippen molar-refractivity contribution in [3.8, 4) is 6.07 Å². The molecule has 1 aliphatic heterocycles. The maximum Gasteiger partial charge on any atom is 0.109 e. The molecule has 0 bridgehead atoms. The Balaban J connectivity index is 2.27. The molecule has 2 heteroatoms. The van der Waals surface area contributed by atoms with E-state index in [1.807, 2.05) is 0 Å². The van der Waals surface area contributed by atoms with Gasteiger partial charge in [-0.3, -0.25) is 4.90 Å². The quantitative estimate of drug-likeness (QED) is 0.803. The van der Waals surface area contributed by atoms with Crippen molar-refractivity contribution < 1.29 is 0 Å². The van der Waals surface area contributed by atoms with Crippen LogP contribution in [0.25, 0.3) is 0 Å². The van der Waals surface area contributed by atoms with Crippen LogP contribution in [-0.4, -0.2) is 17.0 Å². The van der Waals surface area contributed by atoms with E-state index in [9.17, 15) is 5.26 Å². The van der Waals surface area contributed by atoms with Crippen LogP contribution in [0.1, 0.15) is 57.6 Å². The highest BCUT2D eigenvalue weighted by Gasteiger charge is 2.40. The van der Waals surface area contributed by atoms with Gasteiger partial charge < -0.3 is 0 Å². The fourth-order valence-electron chi connectivity index (χ4n) is 3.39. The Kier molecular flexibility index (Phi) is 4.61. The smallest absolute Gasteiger partial charge is 0.109 e. The van der Waals surface area contributed by atoms with Crippen molar-refractivity contribution in [2.24, 2.45) is 0 Å². The lowest BCUT2D eigenvalue weighted by atomic mass is 9.82. The lowest BCUT2D eigenvalue weighted by molar-refractivity contribution is 0.0458. The average molecular weight is 256 g/mol. The second kappa shape index (κ2) is 6.21. The van der Waals surface area contributed by atoms with Gasteiger partial charge in [0.25, 0.3) is 0 Å². The van der Waals surface area contributed by atoms with Crippen molar-refractivity contribution in [2.75, 3.05) is 6.54 Å². The zero-order valence-electron chi connectivity index (χ0n) is 12.1. The molecule has 102 valence electrons. The molecule has 1 unspecified atom stereocenters. The minimum absolute atomic E-state index is 0.248. The van der Waals surface area contributed by atoms with Crippen molar-refractivity contribution in [1.82, 2.24) is 4.90 Å². The molecule has 0 saturated carbocycles. The fraction of sp³-hybridized carbons (Fsp3) is 0.588. The number of benzene rings is 1. The first kappa shape index (κ1) is 14.1. The van der Waals surface area contributed by atoms with E-state index in [1.54, 1.807) is 0 Å². The van der Waals surface area contributed by atoms with Crippen molar-refractivity contribution >= 4 is 0 Å². The van der Waals surface area contributed by atoms with Crippen LogP contribution in [0.4, 0.5) is 0 Å². The molecule has 1 aromatic carbocycles. The van der Waals surface area contributed by atoms with E-state index in [0.717, 1.165) is 25.8 Å². The molecule has 1 heterocycles. The predicted octanol–water partition coefficient (Wildman–Crippen LogP) is 4.30. The second-order valence-corrected chi connectivity index (χ2v) is 5.63. The summed E-state index contributed by atoms with van der Waals surface area (Å²) in [6.45, 7) is 5.46. The molecule has 2 rings (SSSR count). The van der Waals surface area contributed by atoms with Gasteiger partial charge in [-0.25, -0.2) is 0 Å². The van der Waals surface area contributed by atoms with Crippen LogP contribution in [-0.2, 0) is 0 Å². The van der Waals surface area contributed by atoms with Gasteiger partial charge >= 0.3 is 0 Å². The molecule has 1 saturated heterocycles. The lowest BCUT2D eigenvalue weighted by Crippen LogP contribution is -2.51. The number of nitriles is 1. The summed E-state index contributed by atoms with van der Waals surface area (Å²) in [5.41, 5.74) is 1.07. The van der Waals surface area contributed by atoms with E-state index in [4.69, 9.17) is 0 Å². The maximum atomic E-state index is 9.75. The molecular weight excluding hydrogens is 232 g/mol. The number of rotatable bonds is 4. The molecule has 1 aliphatic rings. The van der Waals surface area contributed by atoms with Crippen LogP contribution < -0.4 is 0 Å². The molecule has 0 radical (unpaired) electrons. The highest BCUT2D eigenvalue weighted by Crippen LogP contribution is 2.38. The molecule has 2 atom stereocenters. The molecule has 0 aromatic heterocycles. The van der Waals surface area contributed by atoms with Crippen molar-refractivity contribution in [1.29, 1.82) is 5.26 Å². The Morgan fingerprint density at radius 2 is 2.05 bits per heavy atom. The number of hydrogen-bond donors (Lipinski definition) is 0. The highest BCUT2D eigenvalue weighted by molar-refractivity contribution is 5.21. The number of nitrogens with zero attached hydrogens (tertiary/aromatic N) is 2. The van der Waals surface area contributed by atoms with Crippen LogP contribution in [0.2, 0.25) is 0 Å². The van der Waals surface area contributed by atoms with Gasteiger partial charge in [0.1, 0.15) is 5.54 Å². The van der Waals surface area contributed by atoms with Crippen LogP contribution in [0.15, 0.2) is 30.3 Å². The first-order chi connectivity index (χ1) is 9.23. The van der Waals surface area contributed by atoms with E-state index in [0.29, 0.717) is 6.04 Å². The van der Waals surface area contributed by atoms with Gasteiger partial charge in [0.15, 0.2) is 0 Å². The third-order valence-corrected chi connectivity index (χ3v) is 4.41. The molecule has 2 nitrogen and oxygen atoms in total. The Hall–Kier alpha value is -1.33. The molecule has 0 amide bonds. The van der Waals surface area contributed by atoms with Gasteiger partial charge in [-0.15, -0.1) is 0 Å². The van der Waals surface area contributed by atoms with Gasteiger partial charge in [-0.1, -0.05) is 43.7 Å². The molecule has 1 aromatic rings. The third kappa shape index (κ3) is 2.82. The SMILES string of the molecule is CCCC1(C#N)CCCCN1[C@@H](C)c1ccccc1. The average Bonchev–Trinajstić information content (AvgIpc) is 2.48. The largest absolute Gasteiger partial charge is 0.279 e. The Morgan fingerprint density at radius 3 is 2.68 bits per heavy atom. The molecule has 0 N–H and O–H groups in total. The minimum Gasteiger partial charge on any atom is -0.279 e. The standard InChI is InChI=1S/C17H24N2/c1-3-11-17(14-18)12-7-8-13-19(17)15(2)16-9-5-4-6-10-16/h4-6,9-10,15H,3,7-8,11-13H2,1-2H3/t15-,17?/m0/s1. The summed E-state index contributed by atoms with van der Waals surface area (Å²) < 4.78 is 0. The van der Waals surface area contributed by atoms with Gasteiger partial charge in [-0.2, -0.15) is 5.26 Å². The summed E-state index contributed by atoms with van der Waals surface area (Å²) in [6, 6.07) is 13.5. The number of hydrogen-bond acceptors (Lipinski definition) is 2. The van der Waals surface area contributed by atoms with E-state index in [1.165, 1.54) is 18.4 Å². The van der Waals surface area contributed by atoms with E-state index in [-0.39, 0.29) is 5.54 Å². The van der Waals surface area contributed by atoms with Crippen LogP contribution in [0, 0.1) is 11.3 Å². The summed E-state index contributed by atoms with van der Waals surface area (Å²) in [5.74, 6) is 0. The van der Waals surface area contributed by atoms with Crippen LogP contribution in [0.5, 0.6) is 0 Å². The minimum atomic E-state index is -0.248. The van der Waals surface area contributed by atoms with Gasteiger partial charge in [0, 0.05) is 12.6 Å². The second-order valence-electron chi connectivity index (χ2n) is 5.63. The molecule has 0 spiro atoms. The normalized spacial score (nSPS) is 25.7.